The van der Waals surface area contributed by atoms with Crippen LogP contribution in [0, 0.1) is 5.92 Å². The fourth-order valence-electron chi connectivity index (χ4n) is 5.36. The molecule has 0 radical (unpaired) electrons. The van der Waals surface area contributed by atoms with E-state index in [0.29, 0.717) is 5.75 Å². The second-order valence-electron chi connectivity index (χ2n) is 11.3. The lowest BCUT2D eigenvalue weighted by atomic mass is 9.96. The first-order chi connectivity index (χ1) is 20.0. The van der Waals surface area contributed by atoms with E-state index in [-0.39, 0.29) is 65.5 Å². The molecule has 230 valence electrons. The fourth-order valence-corrected chi connectivity index (χ4v) is 6.41. The van der Waals surface area contributed by atoms with Gasteiger partial charge in [0.2, 0.25) is 0 Å². The predicted octanol–water partition coefficient (Wildman–Crippen LogP) is 3.69. The summed E-state index contributed by atoms with van der Waals surface area (Å²) in [6, 6.07) is 10.0. The summed E-state index contributed by atoms with van der Waals surface area (Å²) in [7, 11) is -0.731. The van der Waals surface area contributed by atoms with Gasteiger partial charge in [-0.15, -0.1) is 0 Å². The van der Waals surface area contributed by atoms with Crippen LogP contribution < -0.4 is 19.5 Å². The molecular formula is C30H42N4O7S. The Morgan fingerprint density at radius 2 is 1.86 bits per heavy atom. The number of carbonyl (C=O) groups excluding carboxylic acids is 2. The van der Waals surface area contributed by atoms with Gasteiger partial charge in [0.05, 0.1) is 36.8 Å². The van der Waals surface area contributed by atoms with E-state index < -0.39 is 22.2 Å². The van der Waals surface area contributed by atoms with Crippen LogP contribution in [0.3, 0.4) is 0 Å². The van der Waals surface area contributed by atoms with Gasteiger partial charge in [-0.2, -0.15) is 0 Å². The molecule has 0 aromatic heterocycles. The Kier molecular flexibility index (Phi) is 10.2. The lowest BCUT2D eigenvalue weighted by Crippen LogP contribution is -2.52. The molecule has 42 heavy (non-hydrogen) atoms. The number of anilines is 1. The molecule has 11 nitrogen and oxygen atoms in total. The second-order valence-corrected chi connectivity index (χ2v) is 13.0. The van der Waals surface area contributed by atoms with Gasteiger partial charge in [0, 0.05) is 31.2 Å². The molecule has 0 saturated heterocycles. The van der Waals surface area contributed by atoms with Crippen molar-refractivity contribution >= 4 is 27.6 Å². The van der Waals surface area contributed by atoms with Crippen LogP contribution in [0.5, 0.6) is 11.5 Å². The molecular weight excluding hydrogens is 560 g/mol. The number of benzene rings is 2. The van der Waals surface area contributed by atoms with E-state index in [1.807, 2.05) is 6.92 Å². The van der Waals surface area contributed by atoms with E-state index in [9.17, 15) is 23.1 Å². The highest BCUT2D eigenvalue weighted by Crippen LogP contribution is 2.31. The Morgan fingerprint density at radius 1 is 1.17 bits per heavy atom. The minimum absolute atomic E-state index is 0.0385. The molecule has 3 atom stereocenters. The number of carbonyl (C=O) groups is 2. The Labute approximate surface area is 248 Å². The zero-order chi connectivity index (χ0) is 30.4. The number of nitrogens with one attached hydrogen (secondary N) is 2. The van der Waals surface area contributed by atoms with E-state index in [1.165, 1.54) is 37.8 Å². The summed E-state index contributed by atoms with van der Waals surface area (Å²) >= 11 is 0. The number of likely N-dealkylation sites (N-methyl/N-ethyl adjacent to an activating group) is 1. The van der Waals surface area contributed by atoms with Crippen LogP contribution in [0.25, 0.3) is 0 Å². The predicted molar refractivity (Wildman–Crippen MR) is 159 cm³/mol. The van der Waals surface area contributed by atoms with Gasteiger partial charge >= 0.3 is 6.03 Å². The highest BCUT2D eigenvalue weighted by Gasteiger charge is 2.34. The summed E-state index contributed by atoms with van der Waals surface area (Å²) < 4.78 is 40.1. The SMILES string of the molecule is COc1ccc(S(=O)(=O)Nc2ccc3c(c2)C(=O)N([C@H](C)CO)C[C@H](C)[C@@H](CN(C)C(=O)NC2CCCCC2)O3)cc1. The van der Waals surface area contributed by atoms with Crippen molar-refractivity contribution in [2.75, 3.05) is 38.6 Å². The molecule has 2 aromatic rings. The van der Waals surface area contributed by atoms with Crippen LogP contribution in [0.2, 0.25) is 0 Å². The molecule has 3 N–H and O–H groups in total. The van der Waals surface area contributed by atoms with Crippen molar-refractivity contribution in [3.05, 3.63) is 48.0 Å². The van der Waals surface area contributed by atoms with Gasteiger partial charge in [-0.1, -0.05) is 26.2 Å². The van der Waals surface area contributed by atoms with E-state index in [2.05, 4.69) is 10.0 Å². The number of ether oxygens (including phenoxy) is 2. The molecule has 12 heteroatoms. The van der Waals surface area contributed by atoms with Gasteiger partial charge < -0.3 is 29.7 Å². The largest absolute Gasteiger partial charge is 0.497 e. The fraction of sp³-hybridized carbons (Fsp3) is 0.533. The summed E-state index contributed by atoms with van der Waals surface area (Å²) in [6.45, 7) is 4.02. The van der Waals surface area contributed by atoms with Crippen LogP contribution in [-0.2, 0) is 10.0 Å². The third-order valence-electron chi connectivity index (χ3n) is 8.02. The Balaban J connectivity index is 1.58. The van der Waals surface area contributed by atoms with Crippen molar-refractivity contribution in [1.29, 1.82) is 0 Å². The smallest absolute Gasteiger partial charge is 0.317 e. The maximum absolute atomic E-state index is 13.7. The second kappa shape index (κ2) is 13.6. The highest BCUT2D eigenvalue weighted by atomic mass is 32.2. The molecule has 2 aliphatic rings. The average Bonchev–Trinajstić information content (AvgIpc) is 2.99. The first kappa shape index (κ1) is 31.4. The van der Waals surface area contributed by atoms with Crippen molar-refractivity contribution in [3.8, 4) is 11.5 Å². The molecule has 0 unspecified atom stereocenters. The Hall–Kier alpha value is -3.51. The number of hydrogen-bond donors (Lipinski definition) is 3. The molecule has 0 bridgehead atoms. The summed E-state index contributed by atoms with van der Waals surface area (Å²) in [4.78, 5) is 29.9. The molecule has 3 amide bonds. The van der Waals surface area contributed by atoms with Crippen molar-refractivity contribution in [2.45, 2.75) is 69.0 Å². The normalized spacial score (nSPS) is 20.4. The topological polar surface area (TPSA) is 138 Å². The number of nitrogens with zero attached hydrogens (tertiary/aromatic N) is 2. The van der Waals surface area contributed by atoms with Crippen LogP contribution >= 0.6 is 0 Å². The van der Waals surface area contributed by atoms with Crippen molar-refractivity contribution in [1.82, 2.24) is 15.1 Å². The summed E-state index contributed by atoms with van der Waals surface area (Å²) in [5.74, 6) is 0.247. The van der Waals surface area contributed by atoms with Crippen molar-refractivity contribution in [3.63, 3.8) is 0 Å². The summed E-state index contributed by atoms with van der Waals surface area (Å²) in [6.07, 6.45) is 4.91. The Morgan fingerprint density at radius 3 is 2.50 bits per heavy atom. The van der Waals surface area contributed by atoms with Gasteiger partial charge in [0.15, 0.2) is 0 Å². The number of methoxy groups -OCH3 is 1. The molecule has 1 saturated carbocycles. The van der Waals surface area contributed by atoms with E-state index in [1.54, 1.807) is 42.0 Å². The maximum atomic E-state index is 13.7. The minimum Gasteiger partial charge on any atom is -0.497 e. The number of fused-ring (bicyclic) bond motifs is 1. The van der Waals surface area contributed by atoms with Gasteiger partial charge in [-0.05, 0) is 62.2 Å². The summed E-state index contributed by atoms with van der Waals surface area (Å²) in [5.41, 5.74) is 0.351. The lowest BCUT2D eigenvalue weighted by Gasteiger charge is -2.38. The molecule has 1 heterocycles. The van der Waals surface area contributed by atoms with Crippen molar-refractivity contribution in [2.24, 2.45) is 5.92 Å². The lowest BCUT2D eigenvalue weighted by molar-refractivity contribution is 0.0366. The zero-order valence-electron chi connectivity index (χ0n) is 24.7. The molecule has 0 spiro atoms. The molecule has 1 aliphatic carbocycles. The quantitative estimate of drug-likeness (QED) is 0.398. The summed E-state index contributed by atoms with van der Waals surface area (Å²) in [5, 5.41) is 13.0. The van der Waals surface area contributed by atoms with Gasteiger partial charge in [0.25, 0.3) is 15.9 Å². The molecule has 2 aromatic carbocycles. The van der Waals surface area contributed by atoms with Crippen molar-refractivity contribution < 1.29 is 32.6 Å². The number of aliphatic hydroxyl groups is 1. The van der Waals surface area contributed by atoms with Gasteiger partial charge in [-0.3, -0.25) is 9.52 Å². The zero-order valence-corrected chi connectivity index (χ0v) is 25.5. The number of rotatable bonds is 9. The Bertz CT molecular complexity index is 1350. The highest BCUT2D eigenvalue weighted by molar-refractivity contribution is 7.92. The van der Waals surface area contributed by atoms with E-state index in [0.717, 1.165) is 25.7 Å². The van der Waals surface area contributed by atoms with Crippen LogP contribution in [0.1, 0.15) is 56.3 Å². The number of aliphatic hydroxyl groups excluding tert-OH is 1. The van der Waals surface area contributed by atoms with Crippen LogP contribution in [0.4, 0.5) is 10.5 Å². The number of hydrogen-bond acceptors (Lipinski definition) is 7. The van der Waals surface area contributed by atoms with Gasteiger partial charge in [0.1, 0.15) is 17.6 Å². The van der Waals surface area contributed by atoms with Gasteiger partial charge in [-0.25, -0.2) is 13.2 Å². The number of amides is 3. The maximum Gasteiger partial charge on any atom is 0.317 e. The number of urea groups is 1. The van der Waals surface area contributed by atoms with E-state index in [4.69, 9.17) is 9.47 Å². The minimum atomic E-state index is -3.95. The number of sulfonamides is 1. The molecule has 1 fully saturated rings. The molecule has 4 rings (SSSR count). The van der Waals surface area contributed by atoms with Crippen LogP contribution in [-0.4, -0.2) is 87.3 Å². The average molecular weight is 603 g/mol. The first-order valence-electron chi connectivity index (χ1n) is 14.4. The first-order valence-corrected chi connectivity index (χ1v) is 15.9. The third kappa shape index (κ3) is 7.46. The van der Waals surface area contributed by atoms with E-state index >= 15 is 0 Å². The third-order valence-corrected chi connectivity index (χ3v) is 9.42. The molecule has 1 aliphatic heterocycles. The van der Waals surface area contributed by atoms with Crippen LogP contribution in [0.15, 0.2) is 47.4 Å². The monoisotopic (exact) mass is 602 g/mol. The standard InChI is InChI=1S/C30H42N4O7S/c1-20-17-34(21(2)19-35)29(36)26-16-23(32-42(38,39)25-13-11-24(40-4)12-14-25)10-15-27(26)41-28(20)18-33(3)30(37)31-22-8-6-5-7-9-22/h10-16,20-22,28,32,35H,5-9,17-19H2,1-4H3,(H,31,37)/t20-,21+,28+/m0/s1.